The smallest absolute Gasteiger partial charge is 0.0467 e. The molecule has 0 saturated carbocycles. The summed E-state index contributed by atoms with van der Waals surface area (Å²) in [5, 5.41) is 0. The lowest BCUT2D eigenvalue weighted by Crippen LogP contribution is -2.09. The highest BCUT2D eigenvalue weighted by Crippen LogP contribution is 2.21. The Hall–Kier alpha value is -0.830. The van der Waals surface area contributed by atoms with E-state index in [2.05, 4.69) is 46.8 Å². The zero-order chi connectivity index (χ0) is 9.84. The van der Waals surface area contributed by atoms with Gasteiger partial charge in [0, 0.05) is 38.8 Å². The van der Waals surface area contributed by atoms with Gasteiger partial charge in [0.2, 0.25) is 0 Å². The highest BCUT2D eigenvalue weighted by Gasteiger charge is 1.99. The average molecular weight is 196 g/mol. The second-order valence-corrected chi connectivity index (χ2v) is 4.00. The third-order valence-corrected chi connectivity index (χ3v) is 2.76. The molecule has 0 amide bonds. The van der Waals surface area contributed by atoms with Gasteiger partial charge in [0.05, 0.1) is 0 Å². The maximum Gasteiger partial charge on any atom is 0.0467 e. The summed E-state index contributed by atoms with van der Waals surface area (Å²) in [7, 11) is 6.16. The molecule has 0 aromatic heterocycles. The van der Waals surface area contributed by atoms with Crippen LogP contribution < -0.4 is 9.21 Å². The highest BCUT2D eigenvalue weighted by atomic mass is 32.2. The van der Waals surface area contributed by atoms with Crippen molar-refractivity contribution in [3.8, 4) is 0 Å². The van der Waals surface area contributed by atoms with Crippen molar-refractivity contribution in [3.05, 3.63) is 24.3 Å². The van der Waals surface area contributed by atoms with Crippen LogP contribution in [-0.4, -0.2) is 27.4 Å². The van der Waals surface area contributed by atoms with Crippen LogP contribution in [0, 0.1) is 0 Å². The molecule has 1 rings (SSSR count). The molecule has 0 unspecified atom stereocenters. The van der Waals surface area contributed by atoms with Crippen molar-refractivity contribution in [2.75, 3.05) is 36.6 Å². The SMILES string of the molecule is CSN(C)c1ccc(N(C)C)cc1. The molecule has 0 radical (unpaired) electrons. The van der Waals surface area contributed by atoms with Crippen molar-refractivity contribution in [2.24, 2.45) is 0 Å². The van der Waals surface area contributed by atoms with E-state index in [1.807, 2.05) is 14.1 Å². The third kappa shape index (κ3) is 2.56. The van der Waals surface area contributed by atoms with Gasteiger partial charge in [0.25, 0.3) is 0 Å². The Labute approximate surface area is 84.7 Å². The highest BCUT2D eigenvalue weighted by molar-refractivity contribution is 7.99. The molecule has 0 N–H and O–H groups in total. The first-order valence-electron chi connectivity index (χ1n) is 4.20. The molecule has 0 saturated heterocycles. The number of rotatable bonds is 3. The van der Waals surface area contributed by atoms with E-state index in [-0.39, 0.29) is 0 Å². The topological polar surface area (TPSA) is 6.48 Å². The van der Waals surface area contributed by atoms with Crippen molar-refractivity contribution in [1.29, 1.82) is 0 Å². The van der Waals surface area contributed by atoms with Crippen LogP contribution in [0.2, 0.25) is 0 Å². The first-order chi connectivity index (χ1) is 6.15. The fourth-order valence-corrected chi connectivity index (χ4v) is 1.40. The minimum atomic E-state index is 1.23. The quantitative estimate of drug-likeness (QED) is 0.686. The number of benzene rings is 1. The van der Waals surface area contributed by atoms with E-state index in [4.69, 9.17) is 0 Å². The van der Waals surface area contributed by atoms with Crippen LogP contribution >= 0.6 is 11.9 Å². The number of nitrogens with zero attached hydrogens (tertiary/aromatic N) is 2. The number of hydrogen-bond acceptors (Lipinski definition) is 3. The molecule has 1 aromatic carbocycles. The number of hydrogen-bond donors (Lipinski definition) is 0. The third-order valence-electron chi connectivity index (χ3n) is 2.00. The molecule has 0 aliphatic carbocycles. The van der Waals surface area contributed by atoms with Gasteiger partial charge >= 0.3 is 0 Å². The normalized spacial score (nSPS) is 9.85. The molecule has 0 heterocycles. The Morgan fingerprint density at radius 2 is 1.38 bits per heavy atom. The van der Waals surface area contributed by atoms with Gasteiger partial charge in [-0.3, -0.25) is 0 Å². The van der Waals surface area contributed by atoms with Gasteiger partial charge in [0.1, 0.15) is 0 Å². The maximum absolute atomic E-state index is 2.14. The minimum Gasteiger partial charge on any atom is -0.378 e. The van der Waals surface area contributed by atoms with Crippen molar-refractivity contribution in [1.82, 2.24) is 0 Å². The van der Waals surface area contributed by atoms with E-state index in [1.165, 1.54) is 11.4 Å². The van der Waals surface area contributed by atoms with E-state index in [9.17, 15) is 0 Å². The van der Waals surface area contributed by atoms with Crippen LogP contribution in [0.15, 0.2) is 24.3 Å². The Morgan fingerprint density at radius 1 is 0.923 bits per heavy atom. The van der Waals surface area contributed by atoms with Gasteiger partial charge in [-0.05, 0) is 24.3 Å². The van der Waals surface area contributed by atoms with Gasteiger partial charge in [-0.1, -0.05) is 11.9 Å². The Kier molecular flexibility index (Phi) is 3.48. The van der Waals surface area contributed by atoms with Crippen molar-refractivity contribution in [2.45, 2.75) is 0 Å². The zero-order valence-corrected chi connectivity index (χ0v) is 9.43. The van der Waals surface area contributed by atoms with Crippen LogP contribution in [0.25, 0.3) is 0 Å². The number of anilines is 2. The molecular weight excluding hydrogens is 180 g/mol. The molecular formula is C10H16N2S. The molecule has 13 heavy (non-hydrogen) atoms. The lowest BCUT2D eigenvalue weighted by molar-refractivity contribution is 1.13. The molecule has 72 valence electrons. The first kappa shape index (κ1) is 10.3. The van der Waals surface area contributed by atoms with E-state index in [0.717, 1.165) is 0 Å². The lowest BCUT2D eigenvalue weighted by Gasteiger charge is -2.17. The monoisotopic (exact) mass is 196 g/mol. The minimum absolute atomic E-state index is 1.23. The van der Waals surface area contributed by atoms with E-state index < -0.39 is 0 Å². The molecule has 3 heteroatoms. The summed E-state index contributed by atoms with van der Waals surface area (Å²) in [6, 6.07) is 8.52. The summed E-state index contributed by atoms with van der Waals surface area (Å²) >= 11 is 1.71. The van der Waals surface area contributed by atoms with Crippen LogP contribution in [-0.2, 0) is 0 Å². The summed E-state index contributed by atoms with van der Waals surface area (Å²) in [6.45, 7) is 0. The summed E-state index contributed by atoms with van der Waals surface area (Å²) in [4.78, 5) is 2.10. The average Bonchev–Trinajstić information content (AvgIpc) is 2.17. The van der Waals surface area contributed by atoms with Crippen LogP contribution in [0.4, 0.5) is 11.4 Å². The maximum atomic E-state index is 2.14. The Balaban J connectivity index is 2.81. The molecule has 1 aromatic rings. The summed E-state index contributed by atoms with van der Waals surface area (Å²) in [6.07, 6.45) is 2.07. The van der Waals surface area contributed by atoms with E-state index in [0.29, 0.717) is 0 Å². The standard InChI is InChI=1S/C10H16N2S/c1-11(2)9-5-7-10(8-6-9)12(3)13-4/h5-8H,1-4H3. The van der Waals surface area contributed by atoms with E-state index >= 15 is 0 Å². The molecule has 2 nitrogen and oxygen atoms in total. The largest absolute Gasteiger partial charge is 0.378 e. The fraction of sp³-hybridized carbons (Fsp3) is 0.400. The van der Waals surface area contributed by atoms with Crippen LogP contribution in [0.3, 0.4) is 0 Å². The van der Waals surface area contributed by atoms with Gasteiger partial charge in [-0.15, -0.1) is 0 Å². The Bertz CT molecular complexity index is 256. The van der Waals surface area contributed by atoms with Gasteiger partial charge in [0.15, 0.2) is 0 Å². The van der Waals surface area contributed by atoms with E-state index in [1.54, 1.807) is 11.9 Å². The fourth-order valence-electron chi connectivity index (χ4n) is 1.07. The van der Waals surface area contributed by atoms with Crippen LogP contribution in [0.1, 0.15) is 0 Å². The molecule has 0 bridgehead atoms. The second-order valence-electron chi connectivity index (χ2n) is 3.09. The molecule has 0 aliphatic rings. The van der Waals surface area contributed by atoms with Gasteiger partial charge in [-0.2, -0.15) is 0 Å². The summed E-state index contributed by atoms with van der Waals surface area (Å²) in [5.74, 6) is 0. The molecule has 0 atom stereocenters. The Morgan fingerprint density at radius 3 is 1.77 bits per heavy atom. The molecule has 0 aliphatic heterocycles. The second kappa shape index (κ2) is 4.42. The van der Waals surface area contributed by atoms with Crippen LogP contribution in [0.5, 0.6) is 0 Å². The summed E-state index contributed by atoms with van der Waals surface area (Å²) < 4.78 is 2.14. The lowest BCUT2D eigenvalue weighted by atomic mass is 10.3. The summed E-state index contributed by atoms with van der Waals surface area (Å²) in [5.41, 5.74) is 2.47. The van der Waals surface area contributed by atoms with Crippen molar-refractivity contribution in [3.63, 3.8) is 0 Å². The predicted molar refractivity (Wildman–Crippen MR) is 62.7 cm³/mol. The predicted octanol–water partition coefficient (Wildman–Crippen LogP) is 2.47. The zero-order valence-electron chi connectivity index (χ0n) is 8.61. The first-order valence-corrected chi connectivity index (χ1v) is 5.38. The molecule has 0 fully saturated rings. The van der Waals surface area contributed by atoms with Crippen molar-refractivity contribution >= 4 is 23.3 Å². The van der Waals surface area contributed by atoms with Crippen molar-refractivity contribution < 1.29 is 0 Å². The molecule has 0 spiro atoms. The van der Waals surface area contributed by atoms with Gasteiger partial charge in [-0.25, -0.2) is 0 Å². The van der Waals surface area contributed by atoms with Gasteiger partial charge < -0.3 is 9.21 Å².